The number of carbonyl (C=O) groups excluding carboxylic acids is 1. The van der Waals surface area contributed by atoms with Crippen LogP contribution in [0.5, 0.6) is 0 Å². The zero-order valence-corrected chi connectivity index (χ0v) is 11.3. The highest BCUT2D eigenvalue weighted by Gasteiger charge is 2.39. The lowest BCUT2D eigenvalue weighted by molar-refractivity contribution is -0.125. The number of nitrogens with one attached hydrogen (secondary N) is 1. The predicted molar refractivity (Wildman–Crippen MR) is 73.0 cm³/mol. The molecule has 0 aliphatic heterocycles. The molecule has 1 aromatic carbocycles. The van der Waals surface area contributed by atoms with Gasteiger partial charge in [-0.3, -0.25) is 10.1 Å². The van der Waals surface area contributed by atoms with Crippen LogP contribution in [0.1, 0.15) is 44.6 Å². The lowest BCUT2D eigenvalue weighted by atomic mass is 9.85. The van der Waals surface area contributed by atoms with Gasteiger partial charge in [-0.25, -0.2) is 4.39 Å². The number of rotatable bonds is 5. The van der Waals surface area contributed by atoms with Gasteiger partial charge in [0.25, 0.3) is 0 Å². The third-order valence-corrected chi connectivity index (χ3v) is 4.09. The Morgan fingerprint density at radius 2 is 1.95 bits per heavy atom. The van der Waals surface area contributed by atoms with Crippen molar-refractivity contribution in [3.05, 3.63) is 35.6 Å². The molecule has 1 aliphatic rings. The zero-order valence-electron chi connectivity index (χ0n) is 11.3. The summed E-state index contributed by atoms with van der Waals surface area (Å²) in [6, 6.07) is 6.35. The fraction of sp³-hybridized carbons (Fsp3) is 0.533. The minimum atomic E-state index is -0.886. The van der Waals surface area contributed by atoms with E-state index in [1.165, 1.54) is 25.0 Å². The molecule has 2 rings (SSSR count). The SMILES string of the molecule is CCC(NC1CCCC1)(C(N)=O)c1ccc(F)cc1. The molecule has 19 heavy (non-hydrogen) atoms. The summed E-state index contributed by atoms with van der Waals surface area (Å²) in [7, 11) is 0. The molecule has 0 aromatic heterocycles. The first-order valence-corrected chi connectivity index (χ1v) is 6.92. The molecule has 4 heteroatoms. The number of hydrogen-bond donors (Lipinski definition) is 2. The van der Waals surface area contributed by atoms with E-state index >= 15 is 0 Å². The summed E-state index contributed by atoms with van der Waals surface area (Å²) in [4.78, 5) is 12.0. The van der Waals surface area contributed by atoms with E-state index in [9.17, 15) is 9.18 Å². The number of primary amides is 1. The van der Waals surface area contributed by atoms with Gasteiger partial charge in [-0.1, -0.05) is 31.9 Å². The summed E-state index contributed by atoms with van der Waals surface area (Å²) < 4.78 is 13.0. The molecule has 0 radical (unpaired) electrons. The lowest BCUT2D eigenvalue weighted by Gasteiger charge is -2.34. The number of carbonyl (C=O) groups is 1. The van der Waals surface area contributed by atoms with Gasteiger partial charge < -0.3 is 5.73 Å². The lowest BCUT2D eigenvalue weighted by Crippen LogP contribution is -2.55. The maximum atomic E-state index is 13.0. The number of hydrogen-bond acceptors (Lipinski definition) is 2. The maximum absolute atomic E-state index is 13.0. The highest BCUT2D eigenvalue weighted by atomic mass is 19.1. The van der Waals surface area contributed by atoms with Crippen LogP contribution in [0.25, 0.3) is 0 Å². The van der Waals surface area contributed by atoms with Crippen LogP contribution in [-0.2, 0) is 10.3 Å². The molecule has 1 saturated carbocycles. The number of halogens is 1. The van der Waals surface area contributed by atoms with E-state index in [-0.39, 0.29) is 5.82 Å². The van der Waals surface area contributed by atoms with Crippen molar-refractivity contribution in [3.63, 3.8) is 0 Å². The van der Waals surface area contributed by atoms with Crippen molar-refractivity contribution in [3.8, 4) is 0 Å². The first kappa shape index (κ1) is 14.0. The Morgan fingerprint density at radius 3 is 2.42 bits per heavy atom. The van der Waals surface area contributed by atoms with Crippen molar-refractivity contribution in [2.45, 2.75) is 50.6 Å². The van der Waals surface area contributed by atoms with Gasteiger partial charge in [-0.05, 0) is 37.0 Å². The van der Waals surface area contributed by atoms with Crippen molar-refractivity contribution >= 4 is 5.91 Å². The van der Waals surface area contributed by atoms with E-state index in [2.05, 4.69) is 5.32 Å². The second-order valence-electron chi connectivity index (χ2n) is 5.26. The van der Waals surface area contributed by atoms with Crippen molar-refractivity contribution in [2.75, 3.05) is 0 Å². The summed E-state index contributed by atoms with van der Waals surface area (Å²) >= 11 is 0. The monoisotopic (exact) mass is 264 g/mol. The molecule has 0 heterocycles. The molecular weight excluding hydrogens is 243 g/mol. The second-order valence-corrected chi connectivity index (χ2v) is 5.26. The largest absolute Gasteiger partial charge is 0.368 e. The van der Waals surface area contributed by atoms with Gasteiger partial charge in [0.1, 0.15) is 11.4 Å². The molecule has 1 aliphatic carbocycles. The molecule has 3 N–H and O–H groups in total. The molecule has 3 nitrogen and oxygen atoms in total. The molecule has 0 spiro atoms. The Bertz CT molecular complexity index is 440. The van der Waals surface area contributed by atoms with E-state index < -0.39 is 11.4 Å². The molecule has 1 fully saturated rings. The van der Waals surface area contributed by atoms with E-state index in [1.807, 2.05) is 6.92 Å². The third-order valence-electron chi connectivity index (χ3n) is 4.09. The first-order chi connectivity index (χ1) is 9.08. The van der Waals surface area contributed by atoms with E-state index in [1.54, 1.807) is 12.1 Å². The Morgan fingerprint density at radius 1 is 1.37 bits per heavy atom. The van der Waals surface area contributed by atoms with Crippen LogP contribution in [0.2, 0.25) is 0 Å². The molecule has 1 atom stereocenters. The van der Waals surface area contributed by atoms with E-state index in [4.69, 9.17) is 5.73 Å². The van der Waals surface area contributed by atoms with Gasteiger partial charge in [-0.2, -0.15) is 0 Å². The standard InChI is InChI=1S/C15H21FN2O/c1-2-15(14(17)19,18-13-5-3-4-6-13)11-7-9-12(16)10-8-11/h7-10,13,18H,2-6H2,1H3,(H2,17,19). The maximum Gasteiger partial charge on any atom is 0.242 e. The van der Waals surface area contributed by atoms with Crippen LogP contribution in [0.4, 0.5) is 4.39 Å². The van der Waals surface area contributed by atoms with Crippen LogP contribution in [0.15, 0.2) is 24.3 Å². The van der Waals surface area contributed by atoms with Gasteiger partial charge in [0, 0.05) is 6.04 Å². The predicted octanol–water partition coefficient (Wildman–Crippen LogP) is 2.45. The van der Waals surface area contributed by atoms with Gasteiger partial charge >= 0.3 is 0 Å². The van der Waals surface area contributed by atoms with Gasteiger partial charge in [0.2, 0.25) is 5.91 Å². The Kier molecular flexibility index (Phi) is 4.20. The van der Waals surface area contributed by atoms with Crippen LogP contribution in [0.3, 0.4) is 0 Å². The fourth-order valence-electron chi connectivity index (χ4n) is 2.93. The highest BCUT2D eigenvalue weighted by Crippen LogP contribution is 2.29. The van der Waals surface area contributed by atoms with E-state index in [0.29, 0.717) is 12.5 Å². The normalized spacial score (nSPS) is 19.3. The summed E-state index contributed by atoms with van der Waals surface area (Å²) in [6.45, 7) is 1.93. The molecule has 1 amide bonds. The quantitative estimate of drug-likeness (QED) is 0.858. The average Bonchev–Trinajstić information content (AvgIpc) is 2.89. The van der Waals surface area contributed by atoms with Gasteiger partial charge in [0.05, 0.1) is 0 Å². The van der Waals surface area contributed by atoms with Crippen LogP contribution in [0, 0.1) is 5.82 Å². The molecule has 1 aromatic rings. The Hall–Kier alpha value is -1.42. The second kappa shape index (κ2) is 5.70. The first-order valence-electron chi connectivity index (χ1n) is 6.92. The summed E-state index contributed by atoms with van der Waals surface area (Å²) in [5.74, 6) is -0.701. The summed E-state index contributed by atoms with van der Waals surface area (Å²) in [5.41, 5.74) is 5.50. The number of amides is 1. The van der Waals surface area contributed by atoms with Crippen molar-refractivity contribution in [1.82, 2.24) is 5.32 Å². The average molecular weight is 264 g/mol. The fourth-order valence-corrected chi connectivity index (χ4v) is 2.93. The van der Waals surface area contributed by atoms with Crippen LogP contribution >= 0.6 is 0 Å². The zero-order chi connectivity index (χ0) is 13.9. The van der Waals surface area contributed by atoms with E-state index in [0.717, 1.165) is 18.4 Å². The Labute approximate surface area is 113 Å². The molecule has 104 valence electrons. The minimum absolute atomic E-state index is 0.306. The van der Waals surface area contributed by atoms with Crippen molar-refractivity contribution < 1.29 is 9.18 Å². The van der Waals surface area contributed by atoms with Crippen molar-refractivity contribution in [1.29, 1.82) is 0 Å². The molecule has 1 unspecified atom stereocenters. The third kappa shape index (κ3) is 2.78. The molecule has 0 saturated heterocycles. The minimum Gasteiger partial charge on any atom is -0.368 e. The summed E-state index contributed by atoms with van der Waals surface area (Å²) in [5, 5.41) is 3.42. The topological polar surface area (TPSA) is 55.1 Å². The Balaban J connectivity index is 2.32. The number of nitrogens with two attached hydrogens (primary N) is 1. The van der Waals surface area contributed by atoms with Gasteiger partial charge in [0.15, 0.2) is 0 Å². The molecule has 0 bridgehead atoms. The van der Waals surface area contributed by atoms with Crippen LogP contribution in [-0.4, -0.2) is 11.9 Å². The van der Waals surface area contributed by atoms with Crippen molar-refractivity contribution in [2.24, 2.45) is 5.73 Å². The van der Waals surface area contributed by atoms with Gasteiger partial charge in [-0.15, -0.1) is 0 Å². The van der Waals surface area contributed by atoms with Crippen LogP contribution < -0.4 is 11.1 Å². The highest BCUT2D eigenvalue weighted by molar-refractivity contribution is 5.86. The summed E-state index contributed by atoms with van der Waals surface area (Å²) in [6.07, 6.45) is 5.05. The molecular formula is C15H21FN2O. The smallest absolute Gasteiger partial charge is 0.242 e. The number of benzene rings is 1.